The monoisotopic (exact) mass is 378 g/mol. The van der Waals surface area contributed by atoms with Crippen molar-refractivity contribution in [2.45, 2.75) is 12.8 Å². The summed E-state index contributed by atoms with van der Waals surface area (Å²) in [6.45, 7) is 0.819. The van der Waals surface area contributed by atoms with Crippen LogP contribution in [-0.4, -0.2) is 39.9 Å². The van der Waals surface area contributed by atoms with E-state index in [1.54, 1.807) is 11.0 Å². The summed E-state index contributed by atoms with van der Waals surface area (Å²) >= 11 is 5.92. The number of rotatable bonds is 5. The molecule has 2 N–H and O–H groups in total. The number of anilines is 1. The number of benzene rings is 1. The predicted octanol–water partition coefficient (Wildman–Crippen LogP) is 2.39. The summed E-state index contributed by atoms with van der Waals surface area (Å²) in [6, 6.07) is 5.36. The number of nitriles is 1. The highest BCUT2D eigenvalue weighted by Gasteiger charge is 2.24. The first-order valence-electron chi connectivity index (χ1n) is 7.66. The number of hydrogen-bond acceptors (Lipinski definition) is 6. The van der Waals surface area contributed by atoms with Gasteiger partial charge in [0.1, 0.15) is 11.6 Å². The molecule has 1 heterocycles. The van der Waals surface area contributed by atoms with Crippen LogP contribution in [0.1, 0.15) is 12.8 Å². The van der Waals surface area contributed by atoms with E-state index in [1.165, 1.54) is 18.3 Å². The van der Waals surface area contributed by atoms with Crippen molar-refractivity contribution in [1.29, 1.82) is 5.26 Å². The van der Waals surface area contributed by atoms with Crippen LogP contribution in [0.2, 0.25) is 5.02 Å². The highest BCUT2D eigenvalue weighted by molar-refractivity contribution is 6.34. The van der Waals surface area contributed by atoms with Gasteiger partial charge < -0.3 is 15.3 Å². The molecule has 1 amide bonds. The summed E-state index contributed by atoms with van der Waals surface area (Å²) in [5, 5.41) is 31.5. The van der Waals surface area contributed by atoms with Gasteiger partial charge in [-0.2, -0.15) is 5.26 Å². The van der Waals surface area contributed by atoms with Crippen molar-refractivity contribution in [3.05, 3.63) is 45.1 Å². The highest BCUT2D eigenvalue weighted by atomic mass is 35.5. The van der Waals surface area contributed by atoms with Crippen LogP contribution in [0.5, 0.6) is 0 Å². The number of aliphatic carboxylic acids is 1. The van der Waals surface area contributed by atoms with Crippen LogP contribution >= 0.6 is 11.6 Å². The minimum absolute atomic E-state index is 0.0246. The molecule has 136 valence electrons. The van der Waals surface area contributed by atoms with Crippen LogP contribution in [0.25, 0.3) is 0 Å². The molecule has 0 radical (unpaired) electrons. The van der Waals surface area contributed by atoms with E-state index in [9.17, 15) is 25.0 Å². The molecule has 1 fully saturated rings. The molecule has 26 heavy (non-hydrogen) atoms. The molecule has 2 rings (SSSR count). The van der Waals surface area contributed by atoms with Gasteiger partial charge in [0.15, 0.2) is 0 Å². The Balaban J connectivity index is 2.10. The van der Waals surface area contributed by atoms with E-state index in [0.29, 0.717) is 25.9 Å². The van der Waals surface area contributed by atoms with Crippen LogP contribution in [-0.2, 0) is 9.59 Å². The Morgan fingerprint density at radius 3 is 2.62 bits per heavy atom. The van der Waals surface area contributed by atoms with Gasteiger partial charge in [0.25, 0.3) is 11.6 Å². The van der Waals surface area contributed by atoms with Gasteiger partial charge in [-0.25, -0.2) is 0 Å². The van der Waals surface area contributed by atoms with E-state index in [-0.39, 0.29) is 22.0 Å². The van der Waals surface area contributed by atoms with E-state index in [2.05, 4.69) is 5.32 Å². The number of nitrogens with zero attached hydrogens (tertiary/aromatic N) is 3. The van der Waals surface area contributed by atoms with E-state index in [0.717, 1.165) is 6.07 Å². The minimum Gasteiger partial charge on any atom is -0.481 e. The van der Waals surface area contributed by atoms with Gasteiger partial charge in [-0.15, -0.1) is 0 Å². The van der Waals surface area contributed by atoms with Gasteiger partial charge in [-0.05, 0) is 18.9 Å². The third-order valence-corrected chi connectivity index (χ3v) is 4.29. The average Bonchev–Trinajstić information content (AvgIpc) is 2.61. The molecule has 0 spiro atoms. The quantitative estimate of drug-likeness (QED) is 0.347. The van der Waals surface area contributed by atoms with Crippen molar-refractivity contribution in [2.24, 2.45) is 5.92 Å². The SMILES string of the molecule is N#C/C(=C/N1CCC(C(=O)O)CC1)C(=O)Nc1cc([N+](=O)[O-])ccc1Cl. The molecule has 0 aromatic heterocycles. The number of amides is 1. The maximum Gasteiger partial charge on any atom is 0.306 e. The number of piperidine rings is 1. The second-order valence-electron chi connectivity index (χ2n) is 5.68. The zero-order chi connectivity index (χ0) is 19.3. The number of nitro benzene ring substituents is 1. The first-order chi connectivity index (χ1) is 12.3. The van der Waals surface area contributed by atoms with Crippen LogP contribution in [0, 0.1) is 27.4 Å². The van der Waals surface area contributed by atoms with Gasteiger partial charge in [-0.3, -0.25) is 19.7 Å². The van der Waals surface area contributed by atoms with E-state index < -0.39 is 22.7 Å². The number of carbonyl (C=O) groups is 2. The van der Waals surface area contributed by atoms with E-state index >= 15 is 0 Å². The van der Waals surface area contributed by atoms with Crippen molar-refractivity contribution >= 4 is 34.9 Å². The molecule has 0 aliphatic carbocycles. The van der Waals surface area contributed by atoms with Crippen molar-refractivity contribution in [2.75, 3.05) is 18.4 Å². The largest absolute Gasteiger partial charge is 0.481 e. The molecule has 0 unspecified atom stereocenters. The van der Waals surface area contributed by atoms with E-state index in [4.69, 9.17) is 16.7 Å². The summed E-state index contributed by atoms with van der Waals surface area (Å²) in [7, 11) is 0. The predicted molar refractivity (Wildman–Crippen MR) is 92.4 cm³/mol. The Bertz CT molecular complexity index is 809. The first kappa shape index (κ1) is 19.2. The second-order valence-corrected chi connectivity index (χ2v) is 6.09. The Kier molecular flexibility index (Phi) is 6.14. The maximum absolute atomic E-state index is 12.3. The van der Waals surface area contributed by atoms with Gasteiger partial charge in [0.05, 0.1) is 21.6 Å². The molecule has 0 atom stereocenters. The molecule has 1 aromatic carbocycles. The Morgan fingerprint density at radius 1 is 1.42 bits per heavy atom. The van der Waals surface area contributed by atoms with Crippen molar-refractivity contribution < 1.29 is 19.6 Å². The van der Waals surface area contributed by atoms with Crippen LogP contribution in [0.15, 0.2) is 30.0 Å². The fourth-order valence-electron chi connectivity index (χ4n) is 2.51. The lowest BCUT2D eigenvalue weighted by molar-refractivity contribution is -0.384. The van der Waals surface area contributed by atoms with Gasteiger partial charge >= 0.3 is 5.97 Å². The molecule has 1 aromatic rings. The molecule has 0 saturated carbocycles. The van der Waals surface area contributed by atoms with Gasteiger partial charge in [0.2, 0.25) is 0 Å². The van der Waals surface area contributed by atoms with Crippen molar-refractivity contribution in [1.82, 2.24) is 4.90 Å². The summed E-state index contributed by atoms with van der Waals surface area (Å²) in [5.74, 6) is -2.04. The smallest absolute Gasteiger partial charge is 0.306 e. The molecule has 1 aliphatic rings. The van der Waals surface area contributed by atoms with Gasteiger partial charge in [-0.1, -0.05) is 11.6 Å². The van der Waals surface area contributed by atoms with Gasteiger partial charge in [0, 0.05) is 31.4 Å². The lowest BCUT2D eigenvalue weighted by Gasteiger charge is -2.29. The molecule has 9 nitrogen and oxygen atoms in total. The Hall–Kier alpha value is -3.12. The summed E-state index contributed by atoms with van der Waals surface area (Å²) < 4.78 is 0. The molecule has 1 aliphatic heterocycles. The lowest BCUT2D eigenvalue weighted by Crippen LogP contribution is -2.33. The number of likely N-dealkylation sites (tertiary alicyclic amines) is 1. The number of nitro groups is 1. The lowest BCUT2D eigenvalue weighted by atomic mass is 9.97. The number of carbonyl (C=O) groups excluding carboxylic acids is 1. The molecular formula is C16H15ClN4O5. The number of halogens is 1. The third kappa shape index (κ3) is 4.70. The fraction of sp³-hybridized carbons (Fsp3) is 0.312. The Labute approximate surface area is 153 Å². The molecular weight excluding hydrogens is 364 g/mol. The first-order valence-corrected chi connectivity index (χ1v) is 8.03. The zero-order valence-corrected chi connectivity index (χ0v) is 14.3. The maximum atomic E-state index is 12.3. The topological polar surface area (TPSA) is 137 Å². The number of non-ortho nitro benzene ring substituents is 1. The fourth-order valence-corrected chi connectivity index (χ4v) is 2.67. The zero-order valence-electron chi connectivity index (χ0n) is 13.5. The molecule has 10 heteroatoms. The summed E-state index contributed by atoms with van der Waals surface area (Å²) in [6.07, 6.45) is 2.20. The van der Waals surface area contributed by atoms with Crippen LogP contribution in [0.4, 0.5) is 11.4 Å². The van der Waals surface area contributed by atoms with Crippen LogP contribution < -0.4 is 5.32 Å². The molecule has 1 saturated heterocycles. The third-order valence-electron chi connectivity index (χ3n) is 3.96. The number of nitrogens with one attached hydrogen (secondary N) is 1. The number of carboxylic acid groups (broad SMARTS) is 1. The average molecular weight is 379 g/mol. The normalized spacial score (nSPS) is 15.2. The second kappa shape index (κ2) is 8.31. The number of carboxylic acids is 1. The van der Waals surface area contributed by atoms with E-state index in [1.807, 2.05) is 0 Å². The number of hydrogen-bond donors (Lipinski definition) is 2. The van der Waals surface area contributed by atoms with Crippen LogP contribution in [0.3, 0.4) is 0 Å². The minimum atomic E-state index is -0.854. The van der Waals surface area contributed by atoms with Crippen molar-refractivity contribution in [3.8, 4) is 6.07 Å². The highest BCUT2D eigenvalue weighted by Crippen LogP contribution is 2.27. The molecule has 0 bridgehead atoms. The Morgan fingerprint density at radius 2 is 2.08 bits per heavy atom. The van der Waals surface area contributed by atoms with Crippen molar-refractivity contribution in [3.63, 3.8) is 0 Å². The summed E-state index contributed by atoms with van der Waals surface area (Å²) in [5.41, 5.74) is -0.430. The standard InChI is InChI=1S/C16H15ClN4O5/c17-13-2-1-12(21(25)26)7-14(13)19-15(22)11(8-18)9-20-5-3-10(4-6-20)16(23)24/h1-2,7,9-10H,3-6H2,(H,19,22)(H,23,24)/b11-9-. The summed E-state index contributed by atoms with van der Waals surface area (Å²) in [4.78, 5) is 35.1.